The van der Waals surface area contributed by atoms with Gasteiger partial charge < -0.3 is 42.4 Å². The maximum atomic E-state index is 9.70. The highest BCUT2D eigenvalue weighted by atomic mass is 16.5. The molecule has 9 rings (SSSR count). The van der Waals surface area contributed by atoms with Crippen LogP contribution in [0.3, 0.4) is 0 Å². The number of benzene rings is 3. The highest BCUT2D eigenvalue weighted by molar-refractivity contribution is 5.56. The lowest BCUT2D eigenvalue weighted by Gasteiger charge is -2.29. The van der Waals surface area contributed by atoms with E-state index in [0.717, 1.165) is 134 Å². The van der Waals surface area contributed by atoms with Gasteiger partial charge in [-0.1, -0.05) is 59.7 Å². The van der Waals surface area contributed by atoms with Crippen LogP contribution in [0.4, 0.5) is 0 Å². The van der Waals surface area contributed by atoms with Crippen molar-refractivity contribution in [2.75, 3.05) is 0 Å². The molecule has 3 aromatic heterocycles. The van der Waals surface area contributed by atoms with Gasteiger partial charge in [-0.2, -0.15) is 0 Å². The number of aryl methyl sites for hydroxylation is 6. The first-order valence-corrected chi connectivity index (χ1v) is 24.9. The quantitative estimate of drug-likeness (QED) is 0.0998. The number of aromatic nitrogens is 3. The first kappa shape index (κ1) is 51.5. The van der Waals surface area contributed by atoms with Gasteiger partial charge in [-0.05, 0) is 155 Å². The van der Waals surface area contributed by atoms with Crippen molar-refractivity contribution in [2.24, 2.45) is 0 Å². The third-order valence-electron chi connectivity index (χ3n) is 13.0. The molecule has 3 aromatic carbocycles. The van der Waals surface area contributed by atoms with E-state index in [1.807, 2.05) is 64.1 Å². The number of ether oxygens (including phenoxy) is 4. The van der Waals surface area contributed by atoms with Gasteiger partial charge in [-0.25, -0.2) is 15.0 Å². The van der Waals surface area contributed by atoms with Crippen molar-refractivity contribution in [2.45, 2.75) is 182 Å². The second-order valence-corrected chi connectivity index (χ2v) is 19.2. The van der Waals surface area contributed by atoms with E-state index in [2.05, 4.69) is 78.7 Å². The Balaban J connectivity index is 0.000000153. The van der Waals surface area contributed by atoms with E-state index < -0.39 is 0 Å². The number of rotatable bonds is 14. The topological polar surface area (TPSA) is 155 Å². The average molecular weight is 944 g/mol. The maximum absolute atomic E-state index is 9.70. The van der Waals surface area contributed by atoms with Crippen LogP contribution in [0.2, 0.25) is 0 Å². The van der Waals surface area contributed by atoms with Crippen LogP contribution in [0.5, 0.6) is 0 Å². The Bertz CT molecular complexity index is 2450. The molecule has 370 valence electrons. The number of aliphatic hydroxyl groups excluding tert-OH is 2. The van der Waals surface area contributed by atoms with Crippen LogP contribution in [0.1, 0.15) is 135 Å². The molecule has 0 radical (unpaired) electrons. The SMILES string of the molecule is C=C(C)O[C@@H]1CCC[C@H](OCc2nc(-c3cccc(C)c3)oc2C)C1.Cc1cccc(-c2nc(COC3CCCC(O)C3)c(C)o2)c1.Cc1cccc(-c2nc(CO[C@H]3CCC[C@@H](O)C3)c(C)o2)c1. The minimum Gasteiger partial charge on any atom is -0.496 e. The number of oxazole rings is 3. The molecule has 3 saturated carbocycles. The monoisotopic (exact) mass is 944 g/mol. The molecule has 6 aromatic rings. The summed E-state index contributed by atoms with van der Waals surface area (Å²) in [5, 5.41) is 19.4. The Morgan fingerprint density at radius 3 is 1.17 bits per heavy atom. The molecule has 12 nitrogen and oxygen atoms in total. The molecular weight excluding hydrogens is 871 g/mol. The van der Waals surface area contributed by atoms with Crippen LogP contribution in [0.15, 0.2) is 98.4 Å². The Morgan fingerprint density at radius 1 is 0.507 bits per heavy atom. The summed E-state index contributed by atoms with van der Waals surface area (Å²) >= 11 is 0. The average Bonchev–Trinajstić information content (AvgIpc) is 4.02. The van der Waals surface area contributed by atoms with Gasteiger partial charge in [-0.3, -0.25) is 0 Å². The van der Waals surface area contributed by atoms with Crippen LogP contribution in [-0.4, -0.2) is 61.8 Å². The summed E-state index contributed by atoms with van der Waals surface area (Å²) in [7, 11) is 0. The highest BCUT2D eigenvalue weighted by Gasteiger charge is 2.26. The van der Waals surface area contributed by atoms with Crippen molar-refractivity contribution in [1.29, 1.82) is 0 Å². The molecule has 0 aliphatic heterocycles. The summed E-state index contributed by atoms with van der Waals surface area (Å²) < 4.78 is 41.1. The number of hydrogen-bond donors (Lipinski definition) is 2. The second kappa shape index (κ2) is 25.0. The molecule has 0 spiro atoms. The van der Waals surface area contributed by atoms with Gasteiger partial charge in [0.2, 0.25) is 17.7 Å². The minimum absolute atomic E-state index is 0.127. The normalized spacial score (nSPS) is 21.4. The van der Waals surface area contributed by atoms with Crippen molar-refractivity contribution < 1.29 is 42.4 Å². The standard InChI is InChI=1S/C21H27NO3.2C18H23NO3/c1-14(2)24-19-10-6-9-18(12-19)23-13-20-16(4)25-21(22-20)17-8-5-7-15(3)11-17;2*1-12-5-3-6-14(9-12)18-19-17(13(2)22-18)11-21-16-8-4-7-15(20)10-16/h5,7-8,11,18-19H,1,6,9-10,12-13H2,2-4H3;2*3,5-6,9,15-16,20H,4,7-8,10-11H2,1-2H3/t18-,19+;15-,16+;/m01./s1. The first-order chi connectivity index (χ1) is 33.2. The van der Waals surface area contributed by atoms with E-state index in [-0.39, 0.29) is 36.6 Å². The molecule has 3 aliphatic carbocycles. The van der Waals surface area contributed by atoms with Crippen molar-refractivity contribution in [3.8, 4) is 34.4 Å². The molecule has 69 heavy (non-hydrogen) atoms. The Hall–Kier alpha value is -5.37. The highest BCUT2D eigenvalue weighted by Crippen LogP contribution is 2.30. The summed E-state index contributed by atoms with van der Waals surface area (Å²) in [5.74, 6) is 5.14. The first-order valence-electron chi connectivity index (χ1n) is 24.9. The van der Waals surface area contributed by atoms with Gasteiger partial charge in [0, 0.05) is 23.1 Å². The molecule has 2 N–H and O–H groups in total. The molecule has 0 bridgehead atoms. The predicted octanol–water partition coefficient (Wildman–Crippen LogP) is 12.9. The molecule has 0 saturated heterocycles. The third kappa shape index (κ3) is 15.6. The number of nitrogens with zero attached hydrogens (tertiary/aromatic N) is 3. The van der Waals surface area contributed by atoms with E-state index in [1.165, 1.54) is 16.7 Å². The van der Waals surface area contributed by atoms with E-state index in [0.29, 0.717) is 37.5 Å². The lowest BCUT2D eigenvalue weighted by atomic mass is 9.95. The lowest BCUT2D eigenvalue weighted by molar-refractivity contribution is -0.0331. The van der Waals surface area contributed by atoms with Crippen LogP contribution in [0, 0.1) is 41.5 Å². The second-order valence-electron chi connectivity index (χ2n) is 19.2. The molecule has 3 fully saturated rings. The summed E-state index contributed by atoms with van der Waals surface area (Å²) in [6.07, 6.45) is 11.7. The van der Waals surface area contributed by atoms with Crippen molar-refractivity contribution in [3.05, 3.63) is 136 Å². The molecule has 2 unspecified atom stereocenters. The third-order valence-corrected chi connectivity index (χ3v) is 13.0. The molecule has 6 atom stereocenters. The zero-order valence-corrected chi connectivity index (χ0v) is 41.8. The number of allylic oxidation sites excluding steroid dienone is 1. The summed E-state index contributed by atoms with van der Waals surface area (Å²) in [6, 6.07) is 24.4. The Labute approximate surface area is 408 Å². The van der Waals surface area contributed by atoms with E-state index in [9.17, 15) is 10.2 Å². The van der Waals surface area contributed by atoms with E-state index >= 15 is 0 Å². The minimum atomic E-state index is -0.222. The maximum Gasteiger partial charge on any atom is 0.226 e. The number of aliphatic hydroxyl groups is 2. The summed E-state index contributed by atoms with van der Waals surface area (Å²) in [5.41, 5.74) is 9.10. The van der Waals surface area contributed by atoms with Gasteiger partial charge in [0.05, 0.1) is 56.1 Å². The van der Waals surface area contributed by atoms with E-state index in [1.54, 1.807) is 0 Å². The molecule has 3 aliphatic rings. The van der Waals surface area contributed by atoms with E-state index in [4.69, 9.17) is 32.2 Å². The van der Waals surface area contributed by atoms with Crippen molar-refractivity contribution in [1.82, 2.24) is 15.0 Å². The molecular formula is C57H73N3O9. The van der Waals surface area contributed by atoms with Crippen LogP contribution in [-0.2, 0) is 38.8 Å². The number of hydrogen-bond acceptors (Lipinski definition) is 12. The van der Waals surface area contributed by atoms with Gasteiger partial charge in [0.25, 0.3) is 0 Å². The predicted molar refractivity (Wildman–Crippen MR) is 267 cm³/mol. The molecule has 3 heterocycles. The van der Waals surface area contributed by atoms with Gasteiger partial charge in [-0.15, -0.1) is 0 Å². The zero-order chi connectivity index (χ0) is 48.9. The lowest BCUT2D eigenvalue weighted by Crippen LogP contribution is -2.27. The Morgan fingerprint density at radius 2 is 0.841 bits per heavy atom. The van der Waals surface area contributed by atoms with Gasteiger partial charge in [0.15, 0.2) is 0 Å². The van der Waals surface area contributed by atoms with Gasteiger partial charge in [0.1, 0.15) is 40.5 Å². The molecule has 0 amide bonds. The largest absolute Gasteiger partial charge is 0.496 e. The smallest absolute Gasteiger partial charge is 0.226 e. The zero-order valence-electron chi connectivity index (χ0n) is 41.8. The van der Waals surface area contributed by atoms with Crippen molar-refractivity contribution >= 4 is 0 Å². The summed E-state index contributed by atoms with van der Waals surface area (Å²) in [4.78, 5) is 13.8. The van der Waals surface area contributed by atoms with Crippen LogP contribution < -0.4 is 0 Å². The van der Waals surface area contributed by atoms with Crippen LogP contribution in [0.25, 0.3) is 34.4 Å². The Kier molecular flexibility index (Phi) is 18.6. The van der Waals surface area contributed by atoms with Crippen LogP contribution >= 0.6 is 0 Å². The fourth-order valence-corrected chi connectivity index (χ4v) is 9.17. The summed E-state index contributed by atoms with van der Waals surface area (Å²) in [6.45, 7) is 19.0. The fourth-order valence-electron chi connectivity index (χ4n) is 9.17. The van der Waals surface area contributed by atoms with Crippen molar-refractivity contribution in [3.63, 3.8) is 0 Å². The van der Waals surface area contributed by atoms with Gasteiger partial charge >= 0.3 is 0 Å². The molecule has 12 heteroatoms. The fraction of sp³-hybridized carbons (Fsp3) is 0.491.